The molecule has 11 heteroatoms. The number of phenols is 1. The predicted octanol–water partition coefficient (Wildman–Crippen LogP) is -1.04. The van der Waals surface area contributed by atoms with E-state index >= 15 is 0 Å². The Morgan fingerprint density at radius 3 is 2.33 bits per heavy atom. The summed E-state index contributed by atoms with van der Waals surface area (Å²) < 4.78 is 0. The molecular formula is C22H32N4O7. The molecule has 0 spiro atoms. The number of carbonyl (C=O) groups excluding carboxylic acids is 3. The number of likely N-dealkylation sites (tertiary alicyclic amines) is 1. The second-order valence-electron chi connectivity index (χ2n) is 8.48. The van der Waals surface area contributed by atoms with Crippen LogP contribution in [-0.4, -0.2) is 81.2 Å². The maximum Gasteiger partial charge on any atom is 0.326 e. The second-order valence-corrected chi connectivity index (χ2v) is 8.48. The first kappa shape index (κ1) is 26.1. The van der Waals surface area contributed by atoms with Gasteiger partial charge in [-0.3, -0.25) is 14.4 Å². The third-order valence-electron chi connectivity index (χ3n) is 5.59. The molecule has 2 rings (SSSR count). The first-order chi connectivity index (χ1) is 15.5. The number of nitrogens with one attached hydrogen (secondary N) is 2. The Balaban J connectivity index is 2.01. The third kappa shape index (κ3) is 6.90. The molecule has 1 aromatic rings. The normalized spacial score (nSPS) is 18.5. The number of phenolic OH excluding ortho intramolecular Hbond substituents is 1. The SMILES string of the molecule is CC(C)C(NC(=O)C(CO)NC(=O)C1CCCN1C(=O)C(N)Cc1ccc(O)cc1)C(=O)O. The maximum atomic E-state index is 12.9. The van der Waals surface area contributed by atoms with Gasteiger partial charge in [0.15, 0.2) is 0 Å². The molecule has 1 heterocycles. The molecule has 0 aliphatic carbocycles. The van der Waals surface area contributed by atoms with Gasteiger partial charge >= 0.3 is 5.97 Å². The highest BCUT2D eigenvalue weighted by Crippen LogP contribution is 2.20. The Morgan fingerprint density at radius 2 is 1.79 bits per heavy atom. The lowest BCUT2D eigenvalue weighted by Crippen LogP contribution is -2.58. The summed E-state index contributed by atoms with van der Waals surface area (Å²) in [6, 6.07) is 2.01. The molecule has 1 aromatic carbocycles. The number of carbonyl (C=O) groups is 4. The Morgan fingerprint density at radius 1 is 1.15 bits per heavy atom. The van der Waals surface area contributed by atoms with E-state index in [1.807, 2.05) is 0 Å². The van der Waals surface area contributed by atoms with Crippen LogP contribution in [0.1, 0.15) is 32.3 Å². The minimum absolute atomic E-state index is 0.0977. The summed E-state index contributed by atoms with van der Waals surface area (Å²) in [5.41, 5.74) is 6.83. The van der Waals surface area contributed by atoms with Gasteiger partial charge in [-0.05, 0) is 42.9 Å². The second kappa shape index (κ2) is 11.6. The van der Waals surface area contributed by atoms with Crippen molar-refractivity contribution in [1.82, 2.24) is 15.5 Å². The number of hydrogen-bond donors (Lipinski definition) is 6. The topological polar surface area (TPSA) is 182 Å². The summed E-state index contributed by atoms with van der Waals surface area (Å²) in [6.07, 6.45) is 1.16. The highest BCUT2D eigenvalue weighted by atomic mass is 16.4. The first-order valence-corrected chi connectivity index (χ1v) is 10.8. The van der Waals surface area contributed by atoms with Crippen LogP contribution in [0, 0.1) is 5.92 Å². The molecule has 4 unspecified atom stereocenters. The van der Waals surface area contributed by atoms with Crippen LogP contribution >= 0.6 is 0 Å². The van der Waals surface area contributed by atoms with Crippen LogP contribution < -0.4 is 16.4 Å². The molecule has 3 amide bonds. The number of nitrogens with two attached hydrogens (primary N) is 1. The van der Waals surface area contributed by atoms with E-state index in [0.717, 1.165) is 5.56 Å². The van der Waals surface area contributed by atoms with Crippen molar-refractivity contribution in [2.45, 2.75) is 57.3 Å². The fraction of sp³-hybridized carbons (Fsp3) is 0.545. The zero-order valence-corrected chi connectivity index (χ0v) is 18.7. The average Bonchev–Trinajstić information content (AvgIpc) is 3.26. The highest BCUT2D eigenvalue weighted by Gasteiger charge is 2.38. The van der Waals surface area contributed by atoms with E-state index in [2.05, 4.69) is 10.6 Å². The minimum Gasteiger partial charge on any atom is -0.508 e. The molecule has 1 aliphatic heterocycles. The number of carboxylic acid groups (broad SMARTS) is 1. The van der Waals surface area contributed by atoms with E-state index in [1.54, 1.807) is 26.0 Å². The quantitative estimate of drug-likeness (QED) is 0.254. The number of carboxylic acids is 1. The van der Waals surface area contributed by atoms with Gasteiger partial charge in [-0.25, -0.2) is 4.79 Å². The van der Waals surface area contributed by atoms with Gasteiger partial charge in [0.1, 0.15) is 23.9 Å². The molecule has 7 N–H and O–H groups in total. The van der Waals surface area contributed by atoms with Crippen LogP contribution in [0.3, 0.4) is 0 Å². The minimum atomic E-state index is -1.36. The maximum absolute atomic E-state index is 12.9. The number of aromatic hydroxyl groups is 1. The van der Waals surface area contributed by atoms with E-state index in [0.29, 0.717) is 19.4 Å². The fourth-order valence-corrected chi connectivity index (χ4v) is 3.72. The lowest BCUT2D eigenvalue weighted by molar-refractivity contribution is -0.144. The molecule has 0 saturated carbocycles. The zero-order valence-electron chi connectivity index (χ0n) is 18.7. The van der Waals surface area contributed by atoms with Crippen molar-refractivity contribution in [3.8, 4) is 5.75 Å². The Bertz CT molecular complexity index is 859. The molecule has 0 aromatic heterocycles. The monoisotopic (exact) mass is 464 g/mol. The zero-order chi connectivity index (χ0) is 24.7. The Labute approximate surface area is 191 Å². The number of amides is 3. The lowest BCUT2D eigenvalue weighted by Gasteiger charge is -2.28. The van der Waals surface area contributed by atoms with Crippen molar-refractivity contribution in [1.29, 1.82) is 0 Å². The standard InChI is InChI=1S/C22H32N4O7/c1-12(2)18(22(32)33)25-19(29)16(11-27)24-20(30)17-4-3-9-26(17)21(31)15(23)10-13-5-7-14(28)8-6-13/h5-8,12,15-18,27-28H,3-4,9-11,23H2,1-2H3,(H,24,30)(H,25,29)(H,32,33). The van der Waals surface area contributed by atoms with E-state index in [4.69, 9.17) is 5.73 Å². The van der Waals surface area contributed by atoms with Gasteiger partial charge in [0, 0.05) is 6.54 Å². The molecule has 0 radical (unpaired) electrons. The summed E-state index contributed by atoms with van der Waals surface area (Å²) in [6.45, 7) is 2.83. The largest absolute Gasteiger partial charge is 0.508 e. The Hall–Kier alpha value is -3.18. The fourth-order valence-electron chi connectivity index (χ4n) is 3.72. The summed E-state index contributed by atoms with van der Waals surface area (Å²) >= 11 is 0. The first-order valence-electron chi connectivity index (χ1n) is 10.8. The number of benzene rings is 1. The van der Waals surface area contributed by atoms with Crippen LogP contribution in [0.4, 0.5) is 0 Å². The number of hydrogen-bond acceptors (Lipinski definition) is 7. The van der Waals surface area contributed by atoms with E-state index in [9.17, 15) is 34.5 Å². The highest BCUT2D eigenvalue weighted by molar-refractivity contribution is 5.94. The number of aliphatic hydroxyl groups excluding tert-OH is 1. The van der Waals surface area contributed by atoms with Crippen molar-refractivity contribution >= 4 is 23.7 Å². The molecule has 0 bridgehead atoms. The van der Waals surface area contributed by atoms with Gasteiger partial charge in [0.2, 0.25) is 17.7 Å². The van der Waals surface area contributed by atoms with Gasteiger partial charge in [-0.2, -0.15) is 0 Å². The van der Waals surface area contributed by atoms with E-state index in [-0.39, 0.29) is 12.2 Å². The number of rotatable bonds is 10. The summed E-state index contributed by atoms with van der Waals surface area (Å²) in [5, 5.41) is 32.9. The molecule has 1 saturated heterocycles. The molecule has 4 atom stereocenters. The van der Waals surface area contributed by atoms with Crippen LogP contribution in [0.15, 0.2) is 24.3 Å². The average molecular weight is 465 g/mol. The molecule has 33 heavy (non-hydrogen) atoms. The van der Waals surface area contributed by atoms with Crippen molar-refractivity contribution in [3.63, 3.8) is 0 Å². The van der Waals surface area contributed by atoms with Gasteiger partial charge in [0.05, 0.1) is 12.6 Å². The molecular weight excluding hydrogens is 432 g/mol. The molecule has 1 aliphatic rings. The van der Waals surface area contributed by atoms with Gasteiger partial charge in [0.25, 0.3) is 0 Å². The molecule has 182 valence electrons. The summed E-state index contributed by atoms with van der Waals surface area (Å²) in [7, 11) is 0. The molecule has 11 nitrogen and oxygen atoms in total. The number of nitrogens with zero attached hydrogens (tertiary/aromatic N) is 1. The van der Waals surface area contributed by atoms with Gasteiger partial charge < -0.3 is 36.6 Å². The predicted molar refractivity (Wildman–Crippen MR) is 118 cm³/mol. The summed E-state index contributed by atoms with van der Waals surface area (Å²) in [5.74, 6) is -3.40. The van der Waals surface area contributed by atoms with Crippen molar-refractivity contribution in [2.24, 2.45) is 11.7 Å². The van der Waals surface area contributed by atoms with Crippen LogP contribution in [0.25, 0.3) is 0 Å². The van der Waals surface area contributed by atoms with Crippen molar-refractivity contribution in [3.05, 3.63) is 29.8 Å². The van der Waals surface area contributed by atoms with Crippen molar-refractivity contribution in [2.75, 3.05) is 13.2 Å². The third-order valence-corrected chi connectivity index (χ3v) is 5.59. The molecule has 1 fully saturated rings. The van der Waals surface area contributed by atoms with Crippen molar-refractivity contribution < 1.29 is 34.5 Å². The van der Waals surface area contributed by atoms with Crippen LogP contribution in [0.5, 0.6) is 5.75 Å². The van der Waals surface area contributed by atoms with E-state index in [1.165, 1.54) is 17.0 Å². The van der Waals surface area contributed by atoms with Crippen LogP contribution in [0.2, 0.25) is 0 Å². The van der Waals surface area contributed by atoms with Crippen LogP contribution in [-0.2, 0) is 25.6 Å². The summed E-state index contributed by atoms with van der Waals surface area (Å²) in [4.78, 5) is 50.8. The van der Waals surface area contributed by atoms with Gasteiger partial charge in [-0.1, -0.05) is 26.0 Å². The number of aliphatic hydroxyl groups is 1. The smallest absolute Gasteiger partial charge is 0.326 e. The Kier molecular flexibility index (Phi) is 9.18. The number of aliphatic carboxylic acids is 1. The van der Waals surface area contributed by atoms with E-state index < -0.39 is 60.4 Å². The lowest BCUT2D eigenvalue weighted by atomic mass is 10.0. The van der Waals surface area contributed by atoms with Gasteiger partial charge in [-0.15, -0.1) is 0 Å².